The Morgan fingerprint density at radius 3 is 3.09 bits per heavy atom. The number of hydrogen-bond donors (Lipinski definition) is 1. The molecule has 1 saturated heterocycles. The first-order valence-corrected chi connectivity index (χ1v) is 7.21. The topological polar surface area (TPSA) is 63.3 Å². The number of methoxy groups -OCH3 is 1. The molecular formula is C15H19FN4O2. The molecule has 1 aromatic carbocycles. The number of aryl methyl sites for hydroxylation is 1. The van der Waals surface area contributed by atoms with E-state index in [1.807, 2.05) is 6.92 Å². The van der Waals surface area contributed by atoms with Crippen LogP contribution >= 0.6 is 0 Å². The fraction of sp³-hybridized carbons (Fsp3) is 0.467. The van der Waals surface area contributed by atoms with Gasteiger partial charge in [-0.1, -0.05) is 0 Å². The summed E-state index contributed by atoms with van der Waals surface area (Å²) < 4.78 is 24.5. The van der Waals surface area contributed by atoms with Crippen LogP contribution in [0.5, 0.6) is 5.75 Å². The highest BCUT2D eigenvalue weighted by atomic mass is 19.1. The smallest absolute Gasteiger partial charge is 0.180 e. The molecule has 2 aromatic rings. The largest absolute Gasteiger partial charge is 0.496 e. The van der Waals surface area contributed by atoms with Crippen molar-refractivity contribution in [3.8, 4) is 5.75 Å². The average Bonchev–Trinajstić information content (AvgIpc) is 2.94. The molecule has 0 spiro atoms. The van der Waals surface area contributed by atoms with Gasteiger partial charge in [-0.15, -0.1) is 0 Å². The lowest BCUT2D eigenvalue weighted by atomic mass is 10.1. The maximum absolute atomic E-state index is 13.5. The second kappa shape index (κ2) is 6.41. The molecule has 0 aliphatic carbocycles. The molecule has 1 aliphatic heterocycles. The van der Waals surface area contributed by atoms with Crippen molar-refractivity contribution in [2.75, 3.05) is 26.8 Å². The number of aromatic amines is 1. The van der Waals surface area contributed by atoms with Gasteiger partial charge in [-0.2, -0.15) is 5.10 Å². The third-order valence-electron chi connectivity index (χ3n) is 3.69. The van der Waals surface area contributed by atoms with E-state index in [4.69, 9.17) is 9.47 Å². The molecule has 7 heteroatoms. The quantitative estimate of drug-likeness (QED) is 0.934. The molecular weight excluding hydrogens is 287 g/mol. The van der Waals surface area contributed by atoms with Gasteiger partial charge in [0.15, 0.2) is 5.82 Å². The van der Waals surface area contributed by atoms with E-state index in [1.54, 1.807) is 13.2 Å². The van der Waals surface area contributed by atoms with Crippen molar-refractivity contribution >= 4 is 0 Å². The zero-order chi connectivity index (χ0) is 15.5. The highest BCUT2D eigenvalue weighted by Gasteiger charge is 2.25. The summed E-state index contributed by atoms with van der Waals surface area (Å²) in [5.74, 6) is 1.86. The lowest BCUT2D eigenvalue weighted by Crippen LogP contribution is -2.38. The lowest BCUT2D eigenvalue weighted by molar-refractivity contribution is -0.0372. The first-order valence-electron chi connectivity index (χ1n) is 7.21. The summed E-state index contributed by atoms with van der Waals surface area (Å²) in [5, 5.41) is 6.98. The number of hydrogen-bond acceptors (Lipinski definition) is 5. The summed E-state index contributed by atoms with van der Waals surface area (Å²) >= 11 is 0. The Hall–Kier alpha value is -1.99. The van der Waals surface area contributed by atoms with Gasteiger partial charge < -0.3 is 9.47 Å². The summed E-state index contributed by atoms with van der Waals surface area (Å²) in [6, 6.07) is 4.57. The van der Waals surface area contributed by atoms with Crippen molar-refractivity contribution in [3.63, 3.8) is 0 Å². The highest BCUT2D eigenvalue weighted by molar-refractivity contribution is 5.33. The summed E-state index contributed by atoms with van der Waals surface area (Å²) in [6.45, 7) is 4.49. The Morgan fingerprint density at radius 1 is 1.50 bits per heavy atom. The van der Waals surface area contributed by atoms with Gasteiger partial charge in [0.25, 0.3) is 0 Å². The number of benzene rings is 1. The Labute approximate surface area is 128 Å². The van der Waals surface area contributed by atoms with E-state index in [1.165, 1.54) is 12.1 Å². The minimum atomic E-state index is -0.259. The Bertz CT molecular complexity index is 646. The van der Waals surface area contributed by atoms with Crippen LogP contribution in [0.2, 0.25) is 0 Å². The van der Waals surface area contributed by atoms with Crippen LogP contribution in [0.4, 0.5) is 4.39 Å². The van der Waals surface area contributed by atoms with E-state index in [2.05, 4.69) is 20.1 Å². The van der Waals surface area contributed by atoms with E-state index < -0.39 is 0 Å². The van der Waals surface area contributed by atoms with Crippen LogP contribution in [-0.2, 0) is 11.3 Å². The first kappa shape index (κ1) is 14.9. The van der Waals surface area contributed by atoms with E-state index in [9.17, 15) is 4.39 Å². The third-order valence-corrected chi connectivity index (χ3v) is 3.69. The number of aromatic nitrogens is 3. The maximum Gasteiger partial charge on any atom is 0.180 e. The molecule has 1 aromatic heterocycles. The number of ether oxygens (including phenoxy) is 2. The molecule has 118 valence electrons. The van der Waals surface area contributed by atoms with Crippen LogP contribution in [0.3, 0.4) is 0 Å². The van der Waals surface area contributed by atoms with Gasteiger partial charge >= 0.3 is 0 Å². The Balaban J connectivity index is 1.71. The van der Waals surface area contributed by atoms with Gasteiger partial charge in [-0.05, 0) is 25.1 Å². The summed E-state index contributed by atoms with van der Waals surface area (Å²) in [4.78, 5) is 6.51. The number of morpholine rings is 1. The number of rotatable bonds is 4. The maximum atomic E-state index is 13.5. The molecule has 2 heterocycles. The average molecular weight is 306 g/mol. The van der Waals surface area contributed by atoms with Crippen LogP contribution in [0.25, 0.3) is 0 Å². The predicted molar refractivity (Wildman–Crippen MR) is 78.0 cm³/mol. The summed E-state index contributed by atoms with van der Waals surface area (Å²) in [5.41, 5.74) is 0.828. The number of nitrogens with zero attached hydrogens (tertiary/aromatic N) is 3. The van der Waals surface area contributed by atoms with Gasteiger partial charge in [-0.25, -0.2) is 9.37 Å². The molecule has 1 atom stereocenters. The van der Waals surface area contributed by atoms with Gasteiger partial charge in [0.2, 0.25) is 0 Å². The lowest BCUT2D eigenvalue weighted by Gasteiger charge is -2.31. The predicted octanol–water partition coefficient (Wildman–Crippen LogP) is 1.83. The second-order valence-electron chi connectivity index (χ2n) is 5.33. The molecule has 0 bridgehead atoms. The highest BCUT2D eigenvalue weighted by Crippen LogP contribution is 2.25. The molecule has 3 rings (SSSR count). The first-order chi connectivity index (χ1) is 10.7. The Morgan fingerprint density at radius 2 is 2.36 bits per heavy atom. The molecule has 0 amide bonds. The Kier molecular flexibility index (Phi) is 4.35. The van der Waals surface area contributed by atoms with Crippen LogP contribution in [0, 0.1) is 12.7 Å². The molecule has 1 N–H and O–H groups in total. The van der Waals surface area contributed by atoms with Gasteiger partial charge in [0, 0.05) is 25.2 Å². The molecule has 1 aliphatic rings. The van der Waals surface area contributed by atoms with E-state index in [0.29, 0.717) is 31.3 Å². The van der Waals surface area contributed by atoms with E-state index >= 15 is 0 Å². The zero-order valence-electron chi connectivity index (χ0n) is 12.7. The number of halogens is 1. The minimum absolute atomic E-state index is 0.168. The van der Waals surface area contributed by atoms with Gasteiger partial charge in [-0.3, -0.25) is 10.00 Å². The van der Waals surface area contributed by atoms with Crippen LogP contribution in [0.1, 0.15) is 23.3 Å². The van der Waals surface area contributed by atoms with Crippen LogP contribution < -0.4 is 4.74 Å². The SMILES string of the molecule is COc1ccc(F)cc1CN1CCO[C@@H](c2n[nH]c(C)n2)C1. The summed E-state index contributed by atoms with van der Waals surface area (Å²) in [6.07, 6.45) is -0.168. The molecule has 1 fully saturated rings. The van der Waals surface area contributed by atoms with Crippen molar-refractivity contribution in [1.82, 2.24) is 20.1 Å². The molecule has 0 radical (unpaired) electrons. The van der Waals surface area contributed by atoms with Crippen molar-refractivity contribution in [1.29, 1.82) is 0 Å². The molecule has 0 unspecified atom stereocenters. The fourth-order valence-corrected chi connectivity index (χ4v) is 2.62. The van der Waals surface area contributed by atoms with Crippen molar-refractivity contribution in [3.05, 3.63) is 41.2 Å². The number of nitrogens with one attached hydrogen (secondary N) is 1. The summed E-state index contributed by atoms with van der Waals surface area (Å²) in [7, 11) is 1.59. The van der Waals surface area contributed by atoms with Crippen molar-refractivity contribution in [2.45, 2.75) is 19.6 Å². The van der Waals surface area contributed by atoms with E-state index in [-0.39, 0.29) is 11.9 Å². The molecule has 22 heavy (non-hydrogen) atoms. The standard InChI is InChI=1S/C15H19FN4O2/c1-10-17-15(19-18-10)14-9-20(5-6-22-14)8-11-7-12(16)3-4-13(11)21-2/h3-4,7,14H,5-6,8-9H2,1-2H3,(H,17,18,19)/t14-/m1/s1. The zero-order valence-corrected chi connectivity index (χ0v) is 12.7. The normalized spacial score (nSPS) is 19.3. The monoisotopic (exact) mass is 306 g/mol. The second-order valence-corrected chi connectivity index (χ2v) is 5.33. The van der Waals surface area contributed by atoms with Gasteiger partial charge in [0.05, 0.1) is 13.7 Å². The van der Waals surface area contributed by atoms with Crippen molar-refractivity contribution < 1.29 is 13.9 Å². The van der Waals surface area contributed by atoms with Crippen molar-refractivity contribution in [2.24, 2.45) is 0 Å². The van der Waals surface area contributed by atoms with Crippen LogP contribution in [0.15, 0.2) is 18.2 Å². The molecule has 0 saturated carbocycles. The third kappa shape index (κ3) is 3.26. The molecule has 6 nitrogen and oxygen atoms in total. The van der Waals surface area contributed by atoms with Gasteiger partial charge in [0.1, 0.15) is 23.5 Å². The minimum Gasteiger partial charge on any atom is -0.496 e. The van der Waals surface area contributed by atoms with E-state index in [0.717, 1.165) is 17.9 Å². The van der Waals surface area contributed by atoms with Crippen LogP contribution in [-0.4, -0.2) is 46.9 Å². The fourth-order valence-electron chi connectivity index (χ4n) is 2.62. The number of H-pyrrole nitrogens is 1.